The molecule has 2 aromatic heterocycles. The molecule has 3 heterocycles. The molecule has 0 radical (unpaired) electrons. The maximum Gasteiger partial charge on any atom is 0.254 e. The SMILES string of the molecule is O=C(c1cc(C2CC2)nc2ccccc12)N1CCN(Cc2nc(-c3ccc(Cl)cc3)no2)CC1. The van der Waals surface area contributed by atoms with E-state index in [4.69, 9.17) is 21.1 Å². The first-order chi connectivity index (χ1) is 16.6. The summed E-state index contributed by atoms with van der Waals surface area (Å²) in [6.45, 7) is 3.39. The molecule has 1 aliphatic heterocycles. The predicted molar refractivity (Wildman–Crippen MR) is 130 cm³/mol. The van der Waals surface area contributed by atoms with Crippen molar-refractivity contribution in [2.75, 3.05) is 26.2 Å². The number of carbonyl (C=O) groups is 1. The monoisotopic (exact) mass is 473 g/mol. The van der Waals surface area contributed by atoms with Crippen molar-refractivity contribution in [1.29, 1.82) is 0 Å². The quantitative estimate of drug-likeness (QED) is 0.415. The fraction of sp³-hybridized carbons (Fsp3) is 0.308. The fourth-order valence-electron chi connectivity index (χ4n) is 4.47. The van der Waals surface area contributed by atoms with E-state index in [-0.39, 0.29) is 5.91 Å². The number of hydrogen-bond donors (Lipinski definition) is 0. The van der Waals surface area contributed by atoms with Crippen LogP contribution in [0.25, 0.3) is 22.3 Å². The number of piperazine rings is 1. The first kappa shape index (κ1) is 21.3. The van der Waals surface area contributed by atoms with Gasteiger partial charge in [-0.15, -0.1) is 0 Å². The molecule has 8 heteroatoms. The van der Waals surface area contributed by atoms with Gasteiger partial charge in [0.15, 0.2) is 0 Å². The fourth-order valence-corrected chi connectivity index (χ4v) is 4.59. The van der Waals surface area contributed by atoms with Crippen LogP contribution in [0.3, 0.4) is 0 Å². The van der Waals surface area contributed by atoms with Crippen LogP contribution in [0.1, 0.15) is 40.7 Å². The van der Waals surface area contributed by atoms with Crippen LogP contribution < -0.4 is 0 Å². The van der Waals surface area contributed by atoms with Crippen molar-refractivity contribution in [2.24, 2.45) is 0 Å². The highest BCUT2D eigenvalue weighted by Gasteiger charge is 2.29. The number of nitrogens with zero attached hydrogens (tertiary/aromatic N) is 5. The molecular formula is C26H24ClN5O2. The second-order valence-electron chi connectivity index (χ2n) is 8.97. The summed E-state index contributed by atoms with van der Waals surface area (Å²) < 4.78 is 5.46. The first-order valence-corrected chi connectivity index (χ1v) is 12.0. The molecule has 0 bridgehead atoms. The maximum absolute atomic E-state index is 13.5. The minimum absolute atomic E-state index is 0.0861. The number of halogens is 1. The Morgan fingerprint density at radius 1 is 1.00 bits per heavy atom. The van der Waals surface area contributed by atoms with Crippen molar-refractivity contribution in [3.05, 3.63) is 76.8 Å². The van der Waals surface area contributed by atoms with Crippen LogP contribution in [0.4, 0.5) is 0 Å². The van der Waals surface area contributed by atoms with E-state index in [0.29, 0.717) is 42.3 Å². The summed E-state index contributed by atoms with van der Waals surface area (Å²) in [7, 11) is 0. The molecule has 1 aliphatic carbocycles. The van der Waals surface area contributed by atoms with Crippen LogP contribution in [0, 0.1) is 0 Å². The average molecular weight is 474 g/mol. The van der Waals surface area contributed by atoms with Gasteiger partial charge in [-0.05, 0) is 49.2 Å². The maximum atomic E-state index is 13.5. The van der Waals surface area contributed by atoms with Crippen LogP contribution >= 0.6 is 11.6 Å². The van der Waals surface area contributed by atoms with Crippen molar-refractivity contribution in [1.82, 2.24) is 24.9 Å². The summed E-state index contributed by atoms with van der Waals surface area (Å²) in [4.78, 5) is 27.0. The zero-order valence-corrected chi connectivity index (χ0v) is 19.4. The van der Waals surface area contributed by atoms with Gasteiger partial charge in [0.2, 0.25) is 11.7 Å². The molecule has 1 amide bonds. The van der Waals surface area contributed by atoms with Gasteiger partial charge in [-0.1, -0.05) is 35.0 Å². The minimum Gasteiger partial charge on any atom is -0.338 e. The molecule has 0 atom stereocenters. The number of rotatable bonds is 5. The molecule has 7 nitrogen and oxygen atoms in total. The second kappa shape index (κ2) is 8.81. The first-order valence-electron chi connectivity index (χ1n) is 11.6. The van der Waals surface area contributed by atoms with E-state index in [1.165, 1.54) is 0 Å². The number of amides is 1. The van der Waals surface area contributed by atoms with Crippen LogP contribution in [-0.2, 0) is 6.54 Å². The van der Waals surface area contributed by atoms with E-state index in [2.05, 4.69) is 15.0 Å². The average Bonchev–Trinajstić information content (AvgIpc) is 3.63. The normalized spacial score (nSPS) is 16.8. The lowest BCUT2D eigenvalue weighted by atomic mass is 10.0. The molecule has 0 N–H and O–H groups in total. The van der Waals surface area contributed by atoms with Gasteiger partial charge < -0.3 is 9.42 Å². The van der Waals surface area contributed by atoms with Gasteiger partial charge >= 0.3 is 0 Å². The molecule has 0 spiro atoms. The van der Waals surface area contributed by atoms with Crippen LogP contribution in [-0.4, -0.2) is 57.0 Å². The molecule has 1 saturated carbocycles. The third-order valence-electron chi connectivity index (χ3n) is 6.55. The summed E-state index contributed by atoms with van der Waals surface area (Å²) >= 11 is 5.96. The number of fused-ring (bicyclic) bond motifs is 1. The van der Waals surface area contributed by atoms with Crippen LogP contribution in [0.15, 0.2) is 59.1 Å². The Bertz CT molecular complexity index is 1340. The molecule has 6 rings (SSSR count). The largest absolute Gasteiger partial charge is 0.338 e. The zero-order valence-electron chi connectivity index (χ0n) is 18.7. The van der Waals surface area contributed by atoms with Crippen LogP contribution in [0.5, 0.6) is 0 Å². The molecule has 34 heavy (non-hydrogen) atoms. The van der Waals surface area contributed by atoms with E-state index < -0.39 is 0 Å². The lowest BCUT2D eigenvalue weighted by Gasteiger charge is -2.34. The Balaban J connectivity index is 1.12. The lowest BCUT2D eigenvalue weighted by Crippen LogP contribution is -2.48. The summed E-state index contributed by atoms with van der Waals surface area (Å²) in [5.41, 5.74) is 3.59. The van der Waals surface area contributed by atoms with Crippen molar-refractivity contribution in [3.8, 4) is 11.4 Å². The predicted octanol–water partition coefficient (Wildman–Crippen LogP) is 4.77. The Morgan fingerprint density at radius 3 is 2.53 bits per heavy atom. The van der Waals surface area contributed by atoms with Crippen molar-refractivity contribution < 1.29 is 9.32 Å². The van der Waals surface area contributed by atoms with Gasteiger partial charge in [0.05, 0.1) is 17.6 Å². The molecule has 2 aromatic carbocycles. The Labute approximate surface area is 202 Å². The van der Waals surface area contributed by atoms with E-state index in [0.717, 1.165) is 53.7 Å². The van der Waals surface area contributed by atoms with Gasteiger partial charge in [-0.3, -0.25) is 14.7 Å². The molecule has 2 fully saturated rings. The van der Waals surface area contributed by atoms with E-state index in [1.54, 1.807) is 0 Å². The highest BCUT2D eigenvalue weighted by molar-refractivity contribution is 6.30. The summed E-state index contributed by atoms with van der Waals surface area (Å²) in [6, 6.07) is 17.3. The van der Waals surface area contributed by atoms with Gasteiger partial charge in [0.25, 0.3) is 5.91 Å². The molecule has 1 saturated heterocycles. The standard InChI is InChI=1S/C26H24ClN5O2/c27-19-9-7-18(8-10-19)25-29-24(34-30-25)16-31-11-13-32(14-12-31)26(33)21-15-23(17-5-6-17)28-22-4-2-1-3-20(21)22/h1-4,7-10,15,17H,5-6,11-14,16H2. The van der Waals surface area contributed by atoms with Crippen molar-refractivity contribution in [2.45, 2.75) is 25.3 Å². The van der Waals surface area contributed by atoms with Crippen molar-refractivity contribution >= 4 is 28.4 Å². The van der Waals surface area contributed by atoms with Crippen LogP contribution in [0.2, 0.25) is 5.02 Å². The van der Waals surface area contributed by atoms with Crippen molar-refractivity contribution in [3.63, 3.8) is 0 Å². The zero-order chi connectivity index (χ0) is 23.1. The second-order valence-corrected chi connectivity index (χ2v) is 9.41. The van der Waals surface area contributed by atoms with Gasteiger partial charge in [0.1, 0.15) is 0 Å². The third kappa shape index (κ3) is 4.29. The smallest absolute Gasteiger partial charge is 0.254 e. The van der Waals surface area contributed by atoms with E-state index in [1.807, 2.05) is 59.5 Å². The number of benzene rings is 2. The van der Waals surface area contributed by atoms with Gasteiger partial charge in [-0.25, -0.2) is 0 Å². The molecule has 2 aliphatic rings. The summed E-state index contributed by atoms with van der Waals surface area (Å²) in [5, 5.41) is 5.69. The number of hydrogen-bond acceptors (Lipinski definition) is 6. The Hall–Kier alpha value is -3.29. The highest BCUT2D eigenvalue weighted by Crippen LogP contribution is 2.40. The van der Waals surface area contributed by atoms with Gasteiger partial charge in [-0.2, -0.15) is 4.98 Å². The molecule has 4 aromatic rings. The number of carbonyl (C=O) groups excluding carboxylic acids is 1. The highest BCUT2D eigenvalue weighted by atomic mass is 35.5. The lowest BCUT2D eigenvalue weighted by molar-refractivity contribution is 0.0617. The number of para-hydroxylation sites is 1. The van der Waals surface area contributed by atoms with E-state index in [9.17, 15) is 4.79 Å². The summed E-state index contributed by atoms with van der Waals surface area (Å²) in [5.74, 6) is 1.71. The molecule has 0 unspecified atom stereocenters. The molecular weight excluding hydrogens is 450 g/mol. The van der Waals surface area contributed by atoms with E-state index >= 15 is 0 Å². The number of aromatic nitrogens is 3. The minimum atomic E-state index is 0.0861. The molecule has 172 valence electrons. The Kier molecular flexibility index (Phi) is 5.51. The Morgan fingerprint density at radius 2 is 1.76 bits per heavy atom. The summed E-state index contributed by atoms with van der Waals surface area (Å²) in [6.07, 6.45) is 2.32. The topological polar surface area (TPSA) is 75.4 Å². The number of pyridine rings is 1. The third-order valence-corrected chi connectivity index (χ3v) is 6.80. The van der Waals surface area contributed by atoms with Gasteiger partial charge in [0, 0.05) is 53.8 Å².